The number of para-hydroxylation sites is 1. The first kappa shape index (κ1) is 14.2. The molecule has 20 heavy (non-hydrogen) atoms. The molecule has 0 aliphatic carbocycles. The number of carbonyl (C=O) groups is 2. The molecule has 1 aliphatic heterocycles. The normalized spacial score (nSPS) is 21.8. The summed E-state index contributed by atoms with van der Waals surface area (Å²) in [6.45, 7) is 2.33. The van der Waals surface area contributed by atoms with E-state index >= 15 is 0 Å². The van der Waals surface area contributed by atoms with Crippen molar-refractivity contribution in [2.75, 3.05) is 20.2 Å². The van der Waals surface area contributed by atoms with Gasteiger partial charge in [0.15, 0.2) is 11.5 Å². The van der Waals surface area contributed by atoms with Gasteiger partial charge in [0.2, 0.25) is 0 Å². The van der Waals surface area contributed by atoms with E-state index in [4.69, 9.17) is 9.84 Å². The molecule has 0 unspecified atom stereocenters. The third-order valence-corrected chi connectivity index (χ3v) is 3.67. The fraction of sp³-hybridized carbons (Fsp3) is 0.429. The van der Waals surface area contributed by atoms with Crippen LogP contribution >= 0.6 is 0 Å². The van der Waals surface area contributed by atoms with Gasteiger partial charge in [0, 0.05) is 13.1 Å². The summed E-state index contributed by atoms with van der Waals surface area (Å²) in [7, 11) is 1.40. The molecule has 1 fully saturated rings. The second-order valence-corrected chi connectivity index (χ2v) is 4.99. The maximum absolute atomic E-state index is 12.4. The first-order valence-corrected chi connectivity index (χ1v) is 6.33. The highest BCUT2D eigenvalue weighted by atomic mass is 16.5. The van der Waals surface area contributed by atoms with Crippen molar-refractivity contribution in [1.29, 1.82) is 0 Å². The Morgan fingerprint density at radius 3 is 2.60 bits per heavy atom. The number of methoxy groups -OCH3 is 1. The van der Waals surface area contributed by atoms with Crippen LogP contribution in [-0.4, -0.2) is 47.2 Å². The summed E-state index contributed by atoms with van der Waals surface area (Å²) < 4.78 is 4.96. The molecule has 1 aromatic rings. The van der Waals surface area contributed by atoms with Crippen molar-refractivity contribution in [3.05, 3.63) is 23.8 Å². The first-order valence-electron chi connectivity index (χ1n) is 6.33. The molecule has 1 saturated heterocycles. The summed E-state index contributed by atoms with van der Waals surface area (Å²) >= 11 is 0. The van der Waals surface area contributed by atoms with Crippen molar-refractivity contribution in [1.82, 2.24) is 4.90 Å². The van der Waals surface area contributed by atoms with E-state index in [9.17, 15) is 14.7 Å². The van der Waals surface area contributed by atoms with Crippen molar-refractivity contribution >= 4 is 11.9 Å². The first-order chi connectivity index (χ1) is 9.45. The molecule has 1 heterocycles. The lowest BCUT2D eigenvalue weighted by molar-refractivity contribution is -0.142. The SMILES string of the molecule is COc1cccc(C(=O)N2C[C@@H](C)[C@H](C(=O)O)C2)c1O. The van der Waals surface area contributed by atoms with E-state index in [2.05, 4.69) is 0 Å². The van der Waals surface area contributed by atoms with Crippen molar-refractivity contribution in [3.63, 3.8) is 0 Å². The number of phenols is 1. The number of rotatable bonds is 3. The molecule has 2 N–H and O–H groups in total. The van der Waals surface area contributed by atoms with E-state index in [0.29, 0.717) is 6.54 Å². The Kier molecular flexibility index (Phi) is 3.83. The van der Waals surface area contributed by atoms with Crippen LogP contribution in [0.2, 0.25) is 0 Å². The molecule has 108 valence electrons. The van der Waals surface area contributed by atoms with E-state index in [1.807, 2.05) is 0 Å². The number of amides is 1. The number of carboxylic acids is 1. The number of carbonyl (C=O) groups excluding carboxylic acids is 1. The summed E-state index contributed by atoms with van der Waals surface area (Å²) in [6.07, 6.45) is 0. The Morgan fingerprint density at radius 2 is 2.05 bits per heavy atom. The van der Waals surface area contributed by atoms with Gasteiger partial charge in [-0.3, -0.25) is 9.59 Å². The van der Waals surface area contributed by atoms with Gasteiger partial charge >= 0.3 is 5.97 Å². The number of phenolic OH excluding ortho intramolecular Hbond substituents is 1. The second kappa shape index (κ2) is 5.40. The largest absolute Gasteiger partial charge is 0.504 e. The molecule has 1 aromatic carbocycles. The molecular formula is C14H17NO5. The standard InChI is InChI=1S/C14H17NO5/c1-8-6-15(7-10(8)14(18)19)13(17)9-4-3-5-11(20-2)12(9)16/h3-5,8,10,16H,6-7H2,1-2H3,(H,18,19)/t8-,10-/m1/s1. The zero-order chi connectivity index (χ0) is 14.9. The van der Waals surface area contributed by atoms with E-state index in [1.54, 1.807) is 19.1 Å². The maximum Gasteiger partial charge on any atom is 0.308 e. The Balaban J connectivity index is 2.23. The monoisotopic (exact) mass is 279 g/mol. The van der Waals surface area contributed by atoms with Gasteiger partial charge in [0.05, 0.1) is 18.6 Å². The zero-order valence-corrected chi connectivity index (χ0v) is 11.4. The molecule has 2 atom stereocenters. The fourth-order valence-corrected chi connectivity index (χ4v) is 2.48. The third kappa shape index (κ3) is 2.41. The lowest BCUT2D eigenvalue weighted by Gasteiger charge is -2.17. The topological polar surface area (TPSA) is 87.1 Å². The maximum atomic E-state index is 12.4. The summed E-state index contributed by atoms with van der Waals surface area (Å²) in [5, 5.41) is 19.1. The Morgan fingerprint density at radius 1 is 1.35 bits per heavy atom. The van der Waals surface area contributed by atoms with Crippen molar-refractivity contribution in [2.45, 2.75) is 6.92 Å². The summed E-state index contributed by atoms with van der Waals surface area (Å²) in [5.41, 5.74) is 0.127. The van der Waals surface area contributed by atoms with Crippen LogP contribution < -0.4 is 4.74 Å². The van der Waals surface area contributed by atoms with Gasteiger partial charge in [0.1, 0.15) is 0 Å². The third-order valence-electron chi connectivity index (χ3n) is 3.67. The number of nitrogens with zero attached hydrogens (tertiary/aromatic N) is 1. The lowest BCUT2D eigenvalue weighted by atomic mass is 9.99. The van der Waals surface area contributed by atoms with Crippen molar-refractivity contribution in [2.24, 2.45) is 11.8 Å². The molecular weight excluding hydrogens is 262 g/mol. The molecule has 0 radical (unpaired) electrons. The molecule has 0 aromatic heterocycles. The minimum absolute atomic E-state index is 0.107. The van der Waals surface area contributed by atoms with Crippen LogP contribution in [0.15, 0.2) is 18.2 Å². The number of aliphatic carboxylic acids is 1. The fourth-order valence-electron chi connectivity index (χ4n) is 2.48. The molecule has 1 aliphatic rings. The van der Waals surface area contributed by atoms with Crippen LogP contribution in [0.4, 0.5) is 0 Å². The van der Waals surface area contributed by atoms with Crippen LogP contribution in [-0.2, 0) is 4.79 Å². The number of benzene rings is 1. The predicted molar refractivity (Wildman–Crippen MR) is 70.9 cm³/mol. The minimum Gasteiger partial charge on any atom is -0.504 e. The molecule has 6 nitrogen and oxygen atoms in total. The highest BCUT2D eigenvalue weighted by molar-refractivity contribution is 5.98. The van der Waals surface area contributed by atoms with E-state index in [-0.39, 0.29) is 35.4 Å². The van der Waals surface area contributed by atoms with Crippen LogP contribution in [0.5, 0.6) is 11.5 Å². The summed E-state index contributed by atoms with van der Waals surface area (Å²) in [4.78, 5) is 24.9. The zero-order valence-electron chi connectivity index (χ0n) is 11.4. The number of carboxylic acid groups (broad SMARTS) is 1. The average molecular weight is 279 g/mol. The van der Waals surface area contributed by atoms with Gasteiger partial charge in [-0.1, -0.05) is 13.0 Å². The predicted octanol–water partition coefficient (Wildman–Crippen LogP) is 1.19. The summed E-state index contributed by atoms with van der Waals surface area (Å²) in [5.74, 6) is -1.94. The van der Waals surface area contributed by atoms with E-state index in [0.717, 1.165) is 0 Å². The van der Waals surface area contributed by atoms with Gasteiger partial charge < -0.3 is 19.8 Å². The van der Waals surface area contributed by atoms with Gasteiger partial charge in [0.25, 0.3) is 5.91 Å². The number of hydrogen-bond donors (Lipinski definition) is 2. The second-order valence-electron chi connectivity index (χ2n) is 4.99. The van der Waals surface area contributed by atoms with Crippen LogP contribution in [0.3, 0.4) is 0 Å². The molecule has 2 rings (SSSR count). The molecule has 0 saturated carbocycles. The molecule has 0 bridgehead atoms. The average Bonchev–Trinajstić information content (AvgIpc) is 2.80. The van der Waals surface area contributed by atoms with E-state index < -0.39 is 11.9 Å². The van der Waals surface area contributed by atoms with Gasteiger partial charge in [-0.15, -0.1) is 0 Å². The van der Waals surface area contributed by atoms with Crippen LogP contribution in [0.25, 0.3) is 0 Å². The molecule has 1 amide bonds. The number of likely N-dealkylation sites (tertiary alicyclic amines) is 1. The Labute approximate surface area is 116 Å². The number of aromatic hydroxyl groups is 1. The lowest BCUT2D eigenvalue weighted by Crippen LogP contribution is -2.30. The van der Waals surface area contributed by atoms with Crippen molar-refractivity contribution < 1.29 is 24.5 Å². The molecule has 6 heteroatoms. The van der Waals surface area contributed by atoms with Crippen LogP contribution in [0, 0.1) is 11.8 Å². The highest BCUT2D eigenvalue weighted by Crippen LogP contribution is 2.32. The number of ether oxygens (including phenoxy) is 1. The summed E-state index contributed by atoms with van der Waals surface area (Å²) in [6, 6.07) is 4.66. The van der Waals surface area contributed by atoms with E-state index in [1.165, 1.54) is 18.1 Å². The quantitative estimate of drug-likeness (QED) is 0.868. The Hall–Kier alpha value is -2.24. The smallest absolute Gasteiger partial charge is 0.308 e. The molecule has 0 spiro atoms. The Bertz CT molecular complexity index is 542. The van der Waals surface area contributed by atoms with Gasteiger partial charge in [-0.05, 0) is 18.1 Å². The van der Waals surface area contributed by atoms with Gasteiger partial charge in [-0.25, -0.2) is 0 Å². The minimum atomic E-state index is -0.900. The van der Waals surface area contributed by atoms with Gasteiger partial charge in [-0.2, -0.15) is 0 Å². The number of hydrogen-bond acceptors (Lipinski definition) is 4. The highest BCUT2D eigenvalue weighted by Gasteiger charge is 2.37. The van der Waals surface area contributed by atoms with Crippen molar-refractivity contribution in [3.8, 4) is 11.5 Å². The van der Waals surface area contributed by atoms with Crippen LogP contribution in [0.1, 0.15) is 17.3 Å².